The second-order valence-electron chi connectivity index (χ2n) is 11.3. The molecule has 0 spiro atoms. The summed E-state index contributed by atoms with van der Waals surface area (Å²) >= 11 is 0. The van der Waals surface area contributed by atoms with Gasteiger partial charge in [-0.2, -0.15) is 0 Å². The summed E-state index contributed by atoms with van der Waals surface area (Å²) in [6.45, 7) is 3.63. The van der Waals surface area contributed by atoms with Gasteiger partial charge >= 0.3 is 6.09 Å². The molecule has 3 N–H and O–H groups in total. The van der Waals surface area contributed by atoms with Gasteiger partial charge in [-0.15, -0.1) is 0 Å². The van der Waals surface area contributed by atoms with E-state index in [-0.39, 0.29) is 23.7 Å². The van der Waals surface area contributed by atoms with Gasteiger partial charge in [0, 0.05) is 37.6 Å². The molecule has 40 heavy (non-hydrogen) atoms. The van der Waals surface area contributed by atoms with E-state index < -0.39 is 11.6 Å². The molecule has 8 heteroatoms. The van der Waals surface area contributed by atoms with Crippen LogP contribution in [0.15, 0.2) is 66.9 Å². The van der Waals surface area contributed by atoms with Crippen molar-refractivity contribution in [2.75, 3.05) is 19.4 Å². The van der Waals surface area contributed by atoms with Crippen molar-refractivity contribution in [2.45, 2.75) is 51.5 Å². The summed E-state index contributed by atoms with van der Waals surface area (Å²) in [4.78, 5) is 42.8. The fourth-order valence-corrected chi connectivity index (χ4v) is 5.44. The van der Waals surface area contributed by atoms with E-state index in [1.165, 1.54) is 0 Å². The zero-order valence-electron chi connectivity index (χ0n) is 23.6. The van der Waals surface area contributed by atoms with Gasteiger partial charge in [-0.3, -0.25) is 14.6 Å². The van der Waals surface area contributed by atoms with Crippen molar-refractivity contribution in [3.8, 4) is 22.4 Å². The van der Waals surface area contributed by atoms with Crippen molar-refractivity contribution < 1.29 is 19.5 Å². The molecule has 1 aliphatic rings. The highest BCUT2D eigenvalue weighted by Crippen LogP contribution is 2.35. The summed E-state index contributed by atoms with van der Waals surface area (Å²) in [5, 5.41) is 14.7. The van der Waals surface area contributed by atoms with Crippen LogP contribution >= 0.6 is 0 Å². The molecule has 0 saturated heterocycles. The van der Waals surface area contributed by atoms with Crippen molar-refractivity contribution in [1.82, 2.24) is 15.2 Å². The summed E-state index contributed by atoms with van der Waals surface area (Å²) in [7, 11) is 3.58. The smallest absolute Gasteiger partial charge is 0.405 e. The maximum atomic E-state index is 13.0. The SMILES string of the molecule is CN(C)C(=O)C1CCC(CC(=O)Nc2cnc(-c3ccc(C(C)(C)NC(=O)O)cc3)c(-c3ccccc3)c2)CC1. The number of amides is 3. The Hall–Kier alpha value is -4.20. The Bertz CT molecular complexity index is 1350. The Kier molecular flexibility index (Phi) is 8.87. The molecule has 3 aromatic rings. The Morgan fingerprint density at radius 3 is 2.20 bits per heavy atom. The fraction of sp³-hybridized carbons (Fsp3) is 0.375. The first-order valence-electron chi connectivity index (χ1n) is 13.7. The second kappa shape index (κ2) is 12.3. The number of carbonyl (C=O) groups is 3. The topological polar surface area (TPSA) is 112 Å². The number of carbonyl (C=O) groups excluding carboxylic acids is 2. The Labute approximate surface area is 235 Å². The third-order valence-electron chi connectivity index (χ3n) is 7.67. The van der Waals surface area contributed by atoms with Crippen LogP contribution in [0.5, 0.6) is 0 Å². The summed E-state index contributed by atoms with van der Waals surface area (Å²) in [5.41, 5.74) is 4.24. The number of hydrogen-bond donors (Lipinski definition) is 3. The minimum absolute atomic E-state index is 0.0477. The quantitative estimate of drug-likeness (QED) is 0.317. The molecule has 3 amide bonds. The van der Waals surface area contributed by atoms with Crippen LogP contribution in [0.3, 0.4) is 0 Å². The molecule has 1 fully saturated rings. The lowest BCUT2D eigenvalue weighted by molar-refractivity contribution is -0.134. The van der Waals surface area contributed by atoms with E-state index in [0.29, 0.717) is 12.1 Å². The number of anilines is 1. The zero-order chi connectivity index (χ0) is 28.9. The molecule has 8 nitrogen and oxygen atoms in total. The third-order valence-corrected chi connectivity index (χ3v) is 7.67. The van der Waals surface area contributed by atoms with Crippen LogP contribution in [0.4, 0.5) is 10.5 Å². The first-order chi connectivity index (χ1) is 19.0. The predicted octanol–water partition coefficient (Wildman–Crippen LogP) is 6.14. The third kappa shape index (κ3) is 7.05. The number of pyridine rings is 1. The van der Waals surface area contributed by atoms with E-state index in [1.54, 1.807) is 25.2 Å². The maximum Gasteiger partial charge on any atom is 0.405 e. The molecule has 4 rings (SSSR count). The molecular formula is C32H38N4O4. The fourth-order valence-electron chi connectivity index (χ4n) is 5.44. The molecule has 0 atom stereocenters. The van der Waals surface area contributed by atoms with Crippen LogP contribution in [-0.4, -0.2) is 47.0 Å². The lowest BCUT2D eigenvalue weighted by Crippen LogP contribution is -2.39. The van der Waals surface area contributed by atoms with Crippen molar-refractivity contribution in [1.29, 1.82) is 0 Å². The average molecular weight is 543 g/mol. The number of carboxylic acid groups (broad SMARTS) is 1. The van der Waals surface area contributed by atoms with E-state index in [0.717, 1.165) is 53.6 Å². The number of benzene rings is 2. The monoisotopic (exact) mass is 542 g/mol. The van der Waals surface area contributed by atoms with E-state index in [2.05, 4.69) is 10.6 Å². The Morgan fingerprint density at radius 1 is 0.950 bits per heavy atom. The van der Waals surface area contributed by atoms with Gasteiger partial charge in [0.2, 0.25) is 11.8 Å². The summed E-state index contributed by atoms with van der Waals surface area (Å²) in [6, 6.07) is 19.5. The van der Waals surface area contributed by atoms with Gasteiger partial charge < -0.3 is 20.6 Å². The van der Waals surface area contributed by atoms with Gasteiger partial charge in [0.25, 0.3) is 0 Å². The van der Waals surface area contributed by atoms with Crippen molar-refractivity contribution >= 4 is 23.6 Å². The van der Waals surface area contributed by atoms with E-state index >= 15 is 0 Å². The molecule has 1 saturated carbocycles. The second-order valence-corrected chi connectivity index (χ2v) is 11.3. The minimum atomic E-state index is -1.08. The summed E-state index contributed by atoms with van der Waals surface area (Å²) < 4.78 is 0. The van der Waals surface area contributed by atoms with Crippen molar-refractivity contribution in [2.24, 2.45) is 11.8 Å². The molecule has 1 aliphatic carbocycles. The standard InChI is InChI=1S/C32H38N4O4/c1-32(2,35-31(39)40)25-16-14-23(15-17-25)29-27(22-8-6-5-7-9-22)19-26(20-33-29)34-28(37)18-21-10-12-24(13-11-21)30(38)36(3)4/h5-9,14-17,19-21,24,35H,10-13,18H2,1-4H3,(H,34,37)(H,39,40). The van der Waals surface area contributed by atoms with E-state index in [9.17, 15) is 14.4 Å². The highest BCUT2D eigenvalue weighted by molar-refractivity contribution is 5.93. The largest absolute Gasteiger partial charge is 0.465 e. The Balaban J connectivity index is 1.50. The molecule has 0 bridgehead atoms. The highest BCUT2D eigenvalue weighted by atomic mass is 16.4. The highest BCUT2D eigenvalue weighted by Gasteiger charge is 2.28. The molecule has 0 unspecified atom stereocenters. The predicted molar refractivity (Wildman–Crippen MR) is 157 cm³/mol. The number of nitrogens with zero attached hydrogens (tertiary/aromatic N) is 2. The number of aromatic nitrogens is 1. The van der Waals surface area contributed by atoms with Crippen LogP contribution in [0.25, 0.3) is 22.4 Å². The van der Waals surface area contributed by atoms with Crippen LogP contribution < -0.4 is 10.6 Å². The number of nitrogens with one attached hydrogen (secondary N) is 2. The van der Waals surface area contributed by atoms with Crippen LogP contribution in [-0.2, 0) is 15.1 Å². The molecule has 1 heterocycles. The zero-order valence-corrected chi connectivity index (χ0v) is 23.6. The molecular weight excluding hydrogens is 504 g/mol. The van der Waals surface area contributed by atoms with E-state index in [4.69, 9.17) is 10.1 Å². The van der Waals surface area contributed by atoms with Crippen LogP contribution in [0, 0.1) is 11.8 Å². The summed E-state index contributed by atoms with van der Waals surface area (Å²) in [6.07, 6.45) is 4.42. The van der Waals surface area contributed by atoms with Gasteiger partial charge in [0.15, 0.2) is 0 Å². The molecule has 0 radical (unpaired) electrons. The Morgan fingerprint density at radius 2 is 1.60 bits per heavy atom. The van der Waals surface area contributed by atoms with Crippen LogP contribution in [0.1, 0.15) is 51.5 Å². The van der Waals surface area contributed by atoms with Crippen LogP contribution in [0.2, 0.25) is 0 Å². The van der Waals surface area contributed by atoms with Gasteiger partial charge in [-0.1, -0.05) is 54.6 Å². The van der Waals surface area contributed by atoms with Gasteiger partial charge in [-0.05, 0) is 62.6 Å². The normalized spacial score (nSPS) is 17.1. The molecule has 210 valence electrons. The molecule has 1 aromatic heterocycles. The first kappa shape index (κ1) is 28.8. The van der Waals surface area contributed by atoms with E-state index in [1.807, 2.05) is 74.5 Å². The van der Waals surface area contributed by atoms with Crippen molar-refractivity contribution in [3.63, 3.8) is 0 Å². The molecule has 2 aromatic carbocycles. The molecule has 0 aliphatic heterocycles. The average Bonchev–Trinajstić information content (AvgIpc) is 2.93. The number of rotatable bonds is 8. The lowest BCUT2D eigenvalue weighted by atomic mass is 9.80. The number of hydrogen-bond acceptors (Lipinski definition) is 4. The first-order valence-corrected chi connectivity index (χ1v) is 13.7. The van der Waals surface area contributed by atoms with Gasteiger partial charge in [0.1, 0.15) is 0 Å². The lowest BCUT2D eigenvalue weighted by Gasteiger charge is -2.29. The minimum Gasteiger partial charge on any atom is -0.465 e. The van der Waals surface area contributed by atoms with Gasteiger partial charge in [0.05, 0.1) is 23.1 Å². The summed E-state index contributed by atoms with van der Waals surface area (Å²) in [5.74, 6) is 0.463. The van der Waals surface area contributed by atoms with Gasteiger partial charge in [-0.25, -0.2) is 4.79 Å². The van der Waals surface area contributed by atoms with Crippen molar-refractivity contribution in [3.05, 3.63) is 72.4 Å². The maximum absolute atomic E-state index is 13.0.